The molecule has 0 radical (unpaired) electrons. The second-order valence-corrected chi connectivity index (χ2v) is 7.67. The molecule has 0 atom stereocenters. The van der Waals surface area contributed by atoms with Crippen molar-refractivity contribution < 1.29 is 18.6 Å². The van der Waals surface area contributed by atoms with Gasteiger partial charge in [-0.05, 0) is 24.3 Å². The van der Waals surface area contributed by atoms with Crippen LogP contribution in [0.25, 0.3) is 0 Å². The third kappa shape index (κ3) is 4.50. The number of aromatic nitrogens is 2. The monoisotopic (exact) mass is 422 g/mol. The Balaban J connectivity index is 1.46. The topological polar surface area (TPSA) is 73.1 Å². The van der Waals surface area contributed by atoms with Gasteiger partial charge in [0.05, 0.1) is 44.4 Å². The summed E-state index contributed by atoms with van der Waals surface area (Å²) < 4.78 is 22.7. The molecule has 0 spiro atoms. The fourth-order valence-electron chi connectivity index (χ4n) is 3.95. The van der Waals surface area contributed by atoms with Gasteiger partial charge < -0.3 is 23.5 Å². The maximum atomic E-state index is 6.30. The smallest absolute Gasteiger partial charge is 0.229 e. The number of anilines is 1. The fourth-order valence-corrected chi connectivity index (χ4v) is 3.95. The summed E-state index contributed by atoms with van der Waals surface area (Å²) in [6, 6.07) is 11.5. The van der Waals surface area contributed by atoms with Crippen LogP contribution in [0, 0.1) is 0 Å². The molecule has 0 amide bonds. The van der Waals surface area contributed by atoms with E-state index in [0.29, 0.717) is 37.3 Å². The molecule has 0 N–H and O–H groups in total. The number of morpholine rings is 1. The largest absolute Gasteiger partial charge is 0.497 e. The third-order valence-corrected chi connectivity index (χ3v) is 5.60. The van der Waals surface area contributed by atoms with Crippen LogP contribution in [0.2, 0.25) is 0 Å². The van der Waals surface area contributed by atoms with Crippen molar-refractivity contribution in [1.82, 2.24) is 14.9 Å². The van der Waals surface area contributed by atoms with Gasteiger partial charge in [-0.25, -0.2) is 4.98 Å². The second kappa shape index (κ2) is 8.95. The van der Waals surface area contributed by atoms with E-state index in [-0.39, 0.29) is 0 Å². The zero-order valence-electron chi connectivity index (χ0n) is 17.6. The van der Waals surface area contributed by atoms with Crippen LogP contribution in [0.4, 0.5) is 5.95 Å². The van der Waals surface area contributed by atoms with Crippen molar-refractivity contribution in [2.75, 3.05) is 44.9 Å². The number of methoxy groups -OCH3 is 1. The number of ether oxygens (including phenoxy) is 3. The Bertz CT molecular complexity index is 1020. The molecule has 2 aliphatic rings. The zero-order chi connectivity index (χ0) is 21.0. The van der Waals surface area contributed by atoms with Gasteiger partial charge in [0.25, 0.3) is 0 Å². The van der Waals surface area contributed by atoms with Crippen molar-refractivity contribution in [2.24, 2.45) is 0 Å². The summed E-state index contributed by atoms with van der Waals surface area (Å²) in [5.74, 6) is 3.69. The van der Waals surface area contributed by atoms with Gasteiger partial charge in [0.15, 0.2) is 0 Å². The molecule has 1 fully saturated rings. The predicted molar refractivity (Wildman–Crippen MR) is 115 cm³/mol. The Labute approximate surface area is 181 Å². The van der Waals surface area contributed by atoms with Gasteiger partial charge >= 0.3 is 0 Å². The van der Waals surface area contributed by atoms with Crippen molar-refractivity contribution >= 4 is 5.95 Å². The highest BCUT2D eigenvalue weighted by atomic mass is 16.5. The molecular formula is C23H26N4O4. The van der Waals surface area contributed by atoms with Crippen LogP contribution >= 0.6 is 0 Å². The Kier molecular flexibility index (Phi) is 5.73. The van der Waals surface area contributed by atoms with Gasteiger partial charge in [0.1, 0.15) is 17.3 Å². The molecule has 5 rings (SSSR count). The molecule has 0 saturated carbocycles. The Morgan fingerprint density at radius 1 is 1.03 bits per heavy atom. The maximum absolute atomic E-state index is 6.30. The minimum Gasteiger partial charge on any atom is -0.497 e. The maximum Gasteiger partial charge on any atom is 0.229 e. The van der Waals surface area contributed by atoms with E-state index in [9.17, 15) is 0 Å². The van der Waals surface area contributed by atoms with Crippen LogP contribution in [0.1, 0.15) is 17.0 Å². The molecule has 2 aliphatic heterocycles. The molecule has 0 aliphatic carbocycles. The summed E-state index contributed by atoms with van der Waals surface area (Å²) in [4.78, 5) is 14.2. The number of benzene rings is 1. The quantitative estimate of drug-likeness (QED) is 0.599. The molecule has 3 aromatic rings. The van der Waals surface area contributed by atoms with E-state index < -0.39 is 0 Å². The molecule has 8 nitrogen and oxygen atoms in total. The van der Waals surface area contributed by atoms with Crippen LogP contribution in [0.5, 0.6) is 17.4 Å². The lowest BCUT2D eigenvalue weighted by molar-refractivity contribution is 0.122. The van der Waals surface area contributed by atoms with E-state index in [0.717, 1.165) is 55.4 Å². The Hall–Kier alpha value is -3.10. The van der Waals surface area contributed by atoms with Crippen LogP contribution in [0.3, 0.4) is 0 Å². The molecule has 31 heavy (non-hydrogen) atoms. The van der Waals surface area contributed by atoms with E-state index in [1.165, 1.54) is 0 Å². The van der Waals surface area contributed by atoms with E-state index in [1.807, 2.05) is 36.4 Å². The number of rotatable bonds is 6. The first kappa shape index (κ1) is 19.8. The number of fused-ring (bicyclic) bond motifs is 1. The molecule has 8 heteroatoms. The highest BCUT2D eigenvalue weighted by Gasteiger charge is 2.26. The molecular weight excluding hydrogens is 396 g/mol. The lowest BCUT2D eigenvalue weighted by atomic mass is 10.1. The summed E-state index contributed by atoms with van der Waals surface area (Å²) in [6.07, 6.45) is 2.55. The normalized spacial score (nSPS) is 16.7. The summed E-state index contributed by atoms with van der Waals surface area (Å²) in [7, 11) is 1.65. The standard InChI is InChI=1S/C23H26N4O4/c1-28-17-4-2-5-18(14-17)31-22-20-16-26(15-19-6-3-11-30-19)8-7-21(20)24-23(25-22)27-9-12-29-13-10-27/h2-6,11,14H,7-10,12-13,15-16H2,1H3. The second-order valence-electron chi connectivity index (χ2n) is 7.67. The third-order valence-electron chi connectivity index (χ3n) is 5.60. The lowest BCUT2D eigenvalue weighted by Gasteiger charge is -2.31. The number of hydrogen-bond donors (Lipinski definition) is 0. The minimum absolute atomic E-state index is 0.601. The van der Waals surface area contributed by atoms with Gasteiger partial charge in [-0.1, -0.05) is 6.07 Å². The summed E-state index contributed by atoms with van der Waals surface area (Å²) >= 11 is 0. The van der Waals surface area contributed by atoms with Crippen molar-refractivity contribution in [3.63, 3.8) is 0 Å². The molecule has 162 valence electrons. The van der Waals surface area contributed by atoms with Crippen molar-refractivity contribution in [2.45, 2.75) is 19.5 Å². The van der Waals surface area contributed by atoms with Crippen LogP contribution in [0.15, 0.2) is 47.1 Å². The average Bonchev–Trinajstić information content (AvgIpc) is 3.33. The van der Waals surface area contributed by atoms with E-state index in [2.05, 4.69) is 9.80 Å². The Morgan fingerprint density at radius 3 is 2.71 bits per heavy atom. The van der Waals surface area contributed by atoms with Crippen molar-refractivity contribution in [3.8, 4) is 17.4 Å². The highest BCUT2D eigenvalue weighted by molar-refractivity contribution is 5.44. The summed E-state index contributed by atoms with van der Waals surface area (Å²) in [5.41, 5.74) is 2.07. The van der Waals surface area contributed by atoms with Crippen LogP contribution < -0.4 is 14.4 Å². The number of furan rings is 1. The van der Waals surface area contributed by atoms with Gasteiger partial charge in [-0.15, -0.1) is 0 Å². The molecule has 1 aromatic carbocycles. The highest BCUT2D eigenvalue weighted by Crippen LogP contribution is 2.33. The molecule has 0 unspecified atom stereocenters. The predicted octanol–water partition coefficient (Wildman–Crippen LogP) is 3.27. The first-order chi connectivity index (χ1) is 15.3. The lowest BCUT2D eigenvalue weighted by Crippen LogP contribution is -2.38. The van der Waals surface area contributed by atoms with Crippen molar-refractivity contribution in [3.05, 3.63) is 59.7 Å². The Morgan fingerprint density at radius 2 is 1.90 bits per heavy atom. The molecule has 0 bridgehead atoms. The molecule has 2 aromatic heterocycles. The molecule has 1 saturated heterocycles. The van der Waals surface area contributed by atoms with Gasteiger partial charge in [0.2, 0.25) is 11.8 Å². The first-order valence-electron chi connectivity index (χ1n) is 10.6. The fraction of sp³-hybridized carbons (Fsp3) is 0.391. The average molecular weight is 422 g/mol. The van der Waals surface area contributed by atoms with Crippen molar-refractivity contribution in [1.29, 1.82) is 0 Å². The minimum atomic E-state index is 0.601. The number of nitrogens with zero attached hydrogens (tertiary/aromatic N) is 4. The van der Waals surface area contributed by atoms with E-state index in [1.54, 1.807) is 13.4 Å². The summed E-state index contributed by atoms with van der Waals surface area (Å²) in [5, 5.41) is 0. The molecule has 4 heterocycles. The number of hydrogen-bond acceptors (Lipinski definition) is 8. The van der Waals surface area contributed by atoms with Gasteiger partial charge in [-0.2, -0.15) is 4.98 Å². The van der Waals surface area contributed by atoms with Crippen LogP contribution in [-0.4, -0.2) is 54.8 Å². The van der Waals surface area contributed by atoms with E-state index in [4.69, 9.17) is 28.6 Å². The zero-order valence-corrected chi connectivity index (χ0v) is 17.6. The SMILES string of the molecule is COc1cccc(Oc2nc(N3CCOCC3)nc3c2CN(Cc2ccco2)CC3)c1. The van der Waals surface area contributed by atoms with Crippen LogP contribution in [-0.2, 0) is 24.2 Å². The van der Waals surface area contributed by atoms with Gasteiger partial charge in [0, 0.05) is 38.7 Å². The summed E-state index contributed by atoms with van der Waals surface area (Å²) in [6.45, 7) is 5.29. The van der Waals surface area contributed by atoms with Gasteiger partial charge in [-0.3, -0.25) is 4.90 Å². The first-order valence-corrected chi connectivity index (χ1v) is 10.6. The van der Waals surface area contributed by atoms with E-state index >= 15 is 0 Å².